The van der Waals surface area contributed by atoms with E-state index in [1.54, 1.807) is 0 Å². The molecule has 2 fully saturated rings. The second-order valence-corrected chi connectivity index (χ2v) is 10.5. The number of benzene rings is 3. The quantitative estimate of drug-likeness (QED) is 0.431. The standard InChI is InChI=1S/C32H39N5O3/c1-25-7-9-27(10-8-25)31(38)34-28-11-12-30(29(23-28)32(39)33-13-14-35-19-21-40-22-20-35)37-17-15-36(16-18-37)24-26-5-3-2-4-6-26/h2-12,23H,13-22,24H2,1H3,(H,33,39)(H,34,38). The van der Waals surface area contributed by atoms with Crippen molar-refractivity contribution in [2.24, 2.45) is 0 Å². The Morgan fingerprint density at radius 3 is 2.25 bits per heavy atom. The highest BCUT2D eigenvalue weighted by Crippen LogP contribution is 2.26. The third kappa shape index (κ3) is 7.47. The van der Waals surface area contributed by atoms with Gasteiger partial charge < -0.3 is 20.3 Å². The molecule has 0 atom stereocenters. The molecule has 0 aromatic heterocycles. The van der Waals surface area contributed by atoms with Crippen LogP contribution >= 0.6 is 0 Å². The van der Waals surface area contributed by atoms with Gasteiger partial charge in [-0.2, -0.15) is 0 Å². The number of rotatable bonds is 9. The van der Waals surface area contributed by atoms with Gasteiger partial charge >= 0.3 is 0 Å². The van der Waals surface area contributed by atoms with Crippen LogP contribution in [0.3, 0.4) is 0 Å². The number of carbonyl (C=O) groups excluding carboxylic acids is 2. The van der Waals surface area contributed by atoms with Crippen LogP contribution in [-0.2, 0) is 11.3 Å². The van der Waals surface area contributed by atoms with Crippen molar-refractivity contribution in [3.05, 3.63) is 95.1 Å². The lowest BCUT2D eigenvalue weighted by atomic mass is 10.1. The minimum absolute atomic E-state index is 0.124. The van der Waals surface area contributed by atoms with Crippen LogP contribution in [0.4, 0.5) is 11.4 Å². The van der Waals surface area contributed by atoms with Crippen molar-refractivity contribution in [2.45, 2.75) is 13.5 Å². The van der Waals surface area contributed by atoms with Gasteiger partial charge in [0.05, 0.1) is 18.8 Å². The normalized spacial score (nSPS) is 16.5. The molecule has 3 aromatic rings. The summed E-state index contributed by atoms with van der Waals surface area (Å²) >= 11 is 0. The summed E-state index contributed by atoms with van der Waals surface area (Å²) in [4.78, 5) is 33.4. The molecular formula is C32H39N5O3. The highest BCUT2D eigenvalue weighted by Gasteiger charge is 2.23. The Balaban J connectivity index is 1.28. The average Bonchev–Trinajstić information content (AvgIpc) is 2.99. The van der Waals surface area contributed by atoms with E-state index in [1.165, 1.54) is 5.56 Å². The summed E-state index contributed by atoms with van der Waals surface area (Å²) in [5.41, 5.74) is 5.08. The average molecular weight is 542 g/mol. The smallest absolute Gasteiger partial charge is 0.255 e. The molecule has 0 bridgehead atoms. The van der Waals surface area contributed by atoms with E-state index in [1.807, 2.05) is 55.5 Å². The molecular weight excluding hydrogens is 502 g/mol. The van der Waals surface area contributed by atoms with E-state index in [9.17, 15) is 9.59 Å². The van der Waals surface area contributed by atoms with E-state index in [0.717, 1.165) is 76.8 Å². The monoisotopic (exact) mass is 541 g/mol. The minimum atomic E-state index is -0.194. The van der Waals surface area contributed by atoms with Gasteiger partial charge in [0.1, 0.15) is 0 Å². The molecule has 8 heteroatoms. The Labute approximate surface area is 236 Å². The van der Waals surface area contributed by atoms with Gasteiger partial charge in [-0.3, -0.25) is 19.4 Å². The number of aryl methyl sites for hydroxylation is 1. The Morgan fingerprint density at radius 1 is 0.800 bits per heavy atom. The number of nitrogens with zero attached hydrogens (tertiary/aromatic N) is 3. The molecule has 210 valence electrons. The van der Waals surface area contributed by atoms with E-state index < -0.39 is 0 Å². The van der Waals surface area contributed by atoms with Crippen molar-refractivity contribution < 1.29 is 14.3 Å². The first-order chi connectivity index (χ1) is 19.5. The van der Waals surface area contributed by atoms with Crippen LogP contribution in [-0.4, -0.2) is 87.2 Å². The number of piperazine rings is 1. The van der Waals surface area contributed by atoms with Crippen molar-refractivity contribution in [2.75, 3.05) is 75.8 Å². The number of anilines is 2. The van der Waals surface area contributed by atoms with Crippen molar-refractivity contribution in [1.82, 2.24) is 15.1 Å². The van der Waals surface area contributed by atoms with Gasteiger partial charge in [0.15, 0.2) is 0 Å². The largest absolute Gasteiger partial charge is 0.379 e. The molecule has 0 spiro atoms. The van der Waals surface area contributed by atoms with Gasteiger partial charge in [0.2, 0.25) is 0 Å². The van der Waals surface area contributed by atoms with Gasteiger partial charge in [-0.1, -0.05) is 48.0 Å². The van der Waals surface area contributed by atoms with Crippen molar-refractivity contribution in [3.8, 4) is 0 Å². The molecule has 0 radical (unpaired) electrons. The maximum atomic E-state index is 13.5. The van der Waals surface area contributed by atoms with Gasteiger partial charge in [-0.05, 0) is 42.8 Å². The van der Waals surface area contributed by atoms with Gasteiger partial charge in [-0.25, -0.2) is 0 Å². The van der Waals surface area contributed by atoms with Crippen LogP contribution in [0.1, 0.15) is 31.8 Å². The lowest BCUT2D eigenvalue weighted by Gasteiger charge is -2.37. The van der Waals surface area contributed by atoms with Gasteiger partial charge in [0, 0.05) is 75.8 Å². The number of hydrogen-bond acceptors (Lipinski definition) is 6. The third-order valence-electron chi connectivity index (χ3n) is 7.59. The van der Waals surface area contributed by atoms with Crippen molar-refractivity contribution >= 4 is 23.2 Å². The highest BCUT2D eigenvalue weighted by molar-refractivity contribution is 6.06. The van der Waals surface area contributed by atoms with E-state index in [-0.39, 0.29) is 11.8 Å². The lowest BCUT2D eigenvalue weighted by molar-refractivity contribution is 0.0383. The molecule has 3 aromatic carbocycles. The summed E-state index contributed by atoms with van der Waals surface area (Å²) in [6.07, 6.45) is 0. The van der Waals surface area contributed by atoms with Crippen LogP contribution in [0.2, 0.25) is 0 Å². The molecule has 0 saturated carbocycles. The van der Waals surface area contributed by atoms with Gasteiger partial charge in [0.25, 0.3) is 11.8 Å². The first-order valence-electron chi connectivity index (χ1n) is 14.2. The zero-order valence-corrected chi connectivity index (χ0v) is 23.3. The molecule has 0 unspecified atom stereocenters. The van der Waals surface area contributed by atoms with Gasteiger partial charge in [-0.15, -0.1) is 0 Å². The molecule has 0 aliphatic carbocycles. The highest BCUT2D eigenvalue weighted by atomic mass is 16.5. The number of morpholine rings is 1. The second kappa shape index (κ2) is 13.6. The second-order valence-electron chi connectivity index (χ2n) is 10.5. The first kappa shape index (κ1) is 27.8. The van der Waals surface area contributed by atoms with Crippen LogP contribution < -0.4 is 15.5 Å². The number of carbonyl (C=O) groups is 2. The van der Waals surface area contributed by atoms with Crippen molar-refractivity contribution in [1.29, 1.82) is 0 Å². The SMILES string of the molecule is Cc1ccc(C(=O)Nc2ccc(N3CCN(Cc4ccccc4)CC3)c(C(=O)NCCN3CCOCC3)c2)cc1. The van der Waals surface area contributed by atoms with Crippen LogP contribution in [0, 0.1) is 6.92 Å². The summed E-state index contributed by atoms with van der Waals surface area (Å²) in [5.74, 6) is -0.317. The van der Waals surface area contributed by atoms with Crippen LogP contribution in [0.5, 0.6) is 0 Å². The fourth-order valence-corrected chi connectivity index (χ4v) is 5.22. The Morgan fingerprint density at radius 2 is 1.52 bits per heavy atom. The minimum Gasteiger partial charge on any atom is -0.379 e. The Kier molecular flexibility index (Phi) is 9.44. The van der Waals surface area contributed by atoms with Crippen molar-refractivity contribution in [3.63, 3.8) is 0 Å². The molecule has 2 aliphatic rings. The van der Waals surface area contributed by atoms with Crippen LogP contribution in [0.25, 0.3) is 0 Å². The maximum absolute atomic E-state index is 13.5. The molecule has 8 nitrogen and oxygen atoms in total. The van der Waals surface area contributed by atoms with E-state index in [2.05, 4.69) is 49.6 Å². The Hall–Kier alpha value is -3.72. The lowest BCUT2D eigenvalue weighted by Crippen LogP contribution is -2.46. The summed E-state index contributed by atoms with van der Waals surface area (Å²) < 4.78 is 5.43. The summed E-state index contributed by atoms with van der Waals surface area (Å²) in [7, 11) is 0. The van der Waals surface area contributed by atoms with E-state index in [4.69, 9.17) is 4.74 Å². The zero-order chi connectivity index (χ0) is 27.7. The molecule has 2 saturated heterocycles. The maximum Gasteiger partial charge on any atom is 0.255 e. The van der Waals surface area contributed by atoms with E-state index >= 15 is 0 Å². The molecule has 2 aliphatic heterocycles. The molecule has 2 heterocycles. The van der Waals surface area contributed by atoms with E-state index in [0.29, 0.717) is 23.4 Å². The topological polar surface area (TPSA) is 77.2 Å². The third-order valence-corrected chi connectivity index (χ3v) is 7.59. The number of hydrogen-bond donors (Lipinski definition) is 2. The molecule has 40 heavy (non-hydrogen) atoms. The zero-order valence-electron chi connectivity index (χ0n) is 23.3. The summed E-state index contributed by atoms with van der Waals surface area (Å²) in [6, 6.07) is 23.7. The Bertz CT molecular complexity index is 1270. The summed E-state index contributed by atoms with van der Waals surface area (Å²) in [6.45, 7) is 11.0. The molecule has 2 amide bonds. The van der Waals surface area contributed by atoms with Crippen LogP contribution in [0.15, 0.2) is 72.8 Å². The number of nitrogens with one attached hydrogen (secondary N) is 2. The predicted molar refractivity (Wildman–Crippen MR) is 159 cm³/mol. The fourth-order valence-electron chi connectivity index (χ4n) is 5.22. The summed E-state index contributed by atoms with van der Waals surface area (Å²) in [5, 5.41) is 6.09. The number of ether oxygens (including phenoxy) is 1. The predicted octanol–water partition coefficient (Wildman–Crippen LogP) is 3.63. The molecule has 5 rings (SSSR count). The number of amides is 2. The fraction of sp³-hybridized carbons (Fsp3) is 0.375. The molecule has 2 N–H and O–H groups in total. The first-order valence-corrected chi connectivity index (χ1v) is 14.2.